The Morgan fingerprint density at radius 3 is 2.35 bits per heavy atom. The molecule has 2 rings (SSSR count). The first-order valence-electron chi connectivity index (χ1n) is 6.12. The second-order valence-corrected chi connectivity index (χ2v) is 5.51. The van der Waals surface area contributed by atoms with Gasteiger partial charge in [-0.2, -0.15) is 0 Å². The van der Waals surface area contributed by atoms with Crippen molar-refractivity contribution in [3.05, 3.63) is 58.1 Å². The van der Waals surface area contributed by atoms with Crippen molar-refractivity contribution in [2.45, 2.75) is 19.4 Å². The molecule has 20 heavy (non-hydrogen) atoms. The number of ether oxygens (including phenoxy) is 1. The highest BCUT2D eigenvalue weighted by Crippen LogP contribution is 2.31. The van der Waals surface area contributed by atoms with Gasteiger partial charge in [-0.25, -0.2) is 8.78 Å². The molecule has 0 amide bonds. The standard InChI is InChI=1S/C15H14BrF2NO/c1-9(19)4-10-2-3-15(14(16)5-10)20-13-7-11(17)6-12(18)8-13/h2-3,5-9H,4,19H2,1H3. The lowest BCUT2D eigenvalue weighted by Crippen LogP contribution is -2.17. The molecule has 0 radical (unpaired) electrons. The molecule has 2 aromatic rings. The lowest BCUT2D eigenvalue weighted by atomic mass is 10.1. The van der Waals surface area contributed by atoms with E-state index in [2.05, 4.69) is 15.9 Å². The third-order valence-electron chi connectivity index (χ3n) is 2.62. The van der Waals surface area contributed by atoms with E-state index in [-0.39, 0.29) is 11.8 Å². The topological polar surface area (TPSA) is 35.2 Å². The molecular formula is C15H14BrF2NO. The Morgan fingerprint density at radius 2 is 1.80 bits per heavy atom. The van der Waals surface area contributed by atoms with Crippen LogP contribution in [-0.2, 0) is 6.42 Å². The number of halogens is 3. The molecule has 1 unspecified atom stereocenters. The molecule has 0 aliphatic heterocycles. The van der Waals surface area contributed by atoms with E-state index < -0.39 is 11.6 Å². The molecule has 0 fully saturated rings. The Labute approximate surface area is 124 Å². The van der Waals surface area contributed by atoms with E-state index >= 15 is 0 Å². The summed E-state index contributed by atoms with van der Waals surface area (Å²) in [5, 5.41) is 0. The number of hydrogen-bond acceptors (Lipinski definition) is 2. The molecule has 0 aromatic heterocycles. The van der Waals surface area contributed by atoms with Gasteiger partial charge in [0.2, 0.25) is 0 Å². The van der Waals surface area contributed by atoms with Crippen molar-refractivity contribution >= 4 is 15.9 Å². The SMILES string of the molecule is CC(N)Cc1ccc(Oc2cc(F)cc(F)c2)c(Br)c1. The van der Waals surface area contributed by atoms with Gasteiger partial charge in [0.25, 0.3) is 0 Å². The van der Waals surface area contributed by atoms with Gasteiger partial charge in [0.1, 0.15) is 23.1 Å². The number of nitrogens with two attached hydrogens (primary N) is 1. The molecule has 1 atom stereocenters. The smallest absolute Gasteiger partial charge is 0.141 e. The van der Waals surface area contributed by atoms with Gasteiger partial charge in [0.05, 0.1) is 4.47 Å². The van der Waals surface area contributed by atoms with Crippen LogP contribution >= 0.6 is 15.9 Å². The zero-order valence-corrected chi connectivity index (χ0v) is 12.5. The van der Waals surface area contributed by atoms with Gasteiger partial charge in [-0.1, -0.05) is 6.07 Å². The highest BCUT2D eigenvalue weighted by Gasteiger charge is 2.08. The average molecular weight is 342 g/mol. The molecule has 2 aromatic carbocycles. The maximum atomic E-state index is 13.1. The third kappa shape index (κ3) is 4.02. The maximum Gasteiger partial charge on any atom is 0.141 e. The predicted molar refractivity (Wildman–Crippen MR) is 77.9 cm³/mol. The molecule has 106 valence electrons. The first-order valence-corrected chi connectivity index (χ1v) is 6.91. The van der Waals surface area contributed by atoms with Crippen molar-refractivity contribution in [2.24, 2.45) is 5.73 Å². The maximum absolute atomic E-state index is 13.1. The van der Waals surface area contributed by atoms with Crippen molar-refractivity contribution in [3.63, 3.8) is 0 Å². The molecule has 0 heterocycles. The third-order valence-corrected chi connectivity index (χ3v) is 3.24. The van der Waals surface area contributed by atoms with E-state index in [4.69, 9.17) is 10.5 Å². The summed E-state index contributed by atoms with van der Waals surface area (Å²) < 4.78 is 32.4. The molecule has 0 aliphatic carbocycles. The molecule has 2 N–H and O–H groups in total. The fraction of sp³-hybridized carbons (Fsp3) is 0.200. The van der Waals surface area contributed by atoms with Gasteiger partial charge in [-0.3, -0.25) is 0 Å². The minimum atomic E-state index is -0.676. The van der Waals surface area contributed by atoms with Crippen molar-refractivity contribution < 1.29 is 13.5 Å². The van der Waals surface area contributed by atoms with Gasteiger partial charge in [-0.15, -0.1) is 0 Å². The van der Waals surface area contributed by atoms with Gasteiger partial charge >= 0.3 is 0 Å². The summed E-state index contributed by atoms with van der Waals surface area (Å²) >= 11 is 3.38. The summed E-state index contributed by atoms with van der Waals surface area (Å²) in [6, 6.07) is 8.62. The summed E-state index contributed by atoms with van der Waals surface area (Å²) in [5.74, 6) is -0.749. The van der Waals surface area contributed by atoms with Gasteiger partial charge in [0, 0.05) is 24.2 Å². The van der Waals surface area contributed by atoms with E-state index in [1.54, 1.807) is 6.07 Å². The Hall–Kier alpha value is -1.46. The number of benzene rings is 2. The quantitative estimate of drug-likeness (QED) is 0.893. The molecule has 0 spiro atoms. The highest BCUT2D eigenvalue weighted by molar-refractivity contribution is 9.10. The fourth-order valence-electron chi connectivity index (χ4n) is 1.84. The highest BCUT2D eigenvalue weighted by atomic mass is 79.9. The molecule has 5 heteroatoms. The van der Waals surface area contributed by atoms with Crippen molar-refractivity contribution in [1.29, 1.82) is 0 Å². The zero-order chi connectivity index (χ0) is 14.7. The normalized spacial score (nSPS) is 12.2. The number of hydrogen-bond donors (Lipinski definition) is 1. The van der Waals surface area contributed by atoms with E-state index in [0.717, 1.165) is 30.2 Å². The van der Waals surface area contributed by atoms with Crippen LogP contribution in [0.5, 0.6) is 11.5 Å². The second-order valence-electron chi connectivity index (χ2n) is 4.65. The van der Waals surface area contributed by atoms with Gasteiger partial charge in [-0.05, 0) is 47.0 Å². The predicted octanol–water partition coefficient (Wildman–Crippen LogP) is 4.41. The van der Waals surface area contributed by atoms with E-state index in [1.807, 2.05) is 19.1 Å². The van der Waals surface area contributed by atoms with Crippen LogP contribution in [0.25, 0.3) is 0 Å². The summed E-state index contributed by atoms with van der Waals surface area (Å²) in [5.41, 5.74) is 6.80. The van der Waals surface area contributed by atoms with Crippen LogP contribution < -0.4 is 10.5 Å². The molecular weight excluding hydrogens is 328 g/mol. The summed E-state index contributed by atoms with van der Waals surface area (Å²) in [4.78, 5) is 0. The molecule has 0 saturated carbocycles. The average Bonchev–Trinajstić information content (AvgIpc) is 2.30. The first kappa shape index (κ1) is 14.9. The molecule has 0 aliphatic rings. The van der Waals surface area contributed by atoms with Crippen LogP contribution in [0.4, 0.5) is 8.78 Å². The lowest BCUT2D eigenvalue weighted by molar-refractivity contribution is 0.465. The molecule has 2 nitrogen and oxygen atoms in total. The van der Waals surface area contributed by atoms with Crippen LogP contribution in [0.15, 0.2) is 40.9 Å². The van der Waals surface area contributed by atoms with Crippen LogP contribution in [0, 0.1) is 11.6 Å². The first-order chi connectivity index (χ1) is 9.44. The van der Waals surface area contributed by atoms with E-state index in [0.29, 0.717) is 10.2 Å². The molecule has 0 saturated heterocycles. The Bertz CT molecular complexity index is 597. The Morgan fingerprint density at radius 1 is 1.15 bits per heavy atom. The summed E-state index contributed by atoms with van der Waals surface area (Å²) in [7, 11) is 0. The van der Waals surface area contributed by atoms with E-state index in [9.17, 15) is 8.78 Å². The van der Waals surface area contributed by atoms with E-state index in [1.165, 1.54) is 0 Å². The second kappa shape index (κ2) is 6.33. The van der Waals surface area contributed by atoms with Crippen LogP contribution in [0.2, 0.25) is 0 Å². The minimum absolute atomic E-state index is 0.0611. The van der Waals surface area contributed by atoms with Crippen LogP contribution in [0.3, 0.4) is 0 Å². The van der Waals surface area contributed by atoms with Crippen molar-refractivity contribution in [1.82, 2.24) is 0 Å². The fourth-order valence-corrected chi connectivity index (χ4v) is 2.35. The van der Waals surface area contributed by atoms with Gasteiger partial charge < -0.3 is 10.5 Å². The summed E-state index contributed by atoms with van der Waals surface area (Å²) in [6.45, 7) is 1.92. The zero-order valence-electron chi connectivity index (χ0n) is 10.9. The minimum Gasteiger partial charge on any atom is -0.456 e. The number of rotatable bonds is 4. The van der Waals surface area contributed by atoms with Gasteiger partial charge in [0.15, 0.2) is 0 Å². The lowest BCUT2D eigenvalue weighted by Gasteiger charge is -2.11. The monoisotopic (exact) mass is 341 g/mol. The van der Waals surface area contributed by atoms with Crippen molar-refractivity contribution in [3.8, 4) is 11.5 Å². The Balaban J connectivity index is 2.21. The van der Waals surface area contributed by atoms with Crippen molar-refractivity contribution in [2.75, 3.05) is 0 Å². The summed E-state index contributed by atoms with van der Waals surface area (Å²) in [6.07, 6.45) is 0.744. The Kier molecular flexibility index (Phi) is 4.73. The van der Waals surface area contributed by atoms with Crippen LogP contribution in [0.1, 0.15) is 12.5 Å². The molecule has 0 bridgehead atoms. The van der Waals surface area contributed by atoms with Crippen LogP contribution in [-0.4, -0.2) is 6.04 Å². The largest absolute Gasteiger partial charge is 0.456 e.